The van der Waals surface area contributed by atoms with Crippen LogP contribution in [0.25, 0.3) is 10.9 Å². The van der Waals surface area contributed by atoms with Gasteiger partial charge >= 0.3 is 5.97 Å². The number of amides is 1. The second-order valence-corrected chi connectivity index (χ2v) is 4.84. The van der Waals surface area contributed by atoms with Gasteiger partial charge in [0, 0.05) is 18.4 Å². The van der Waals surface area contributed by atoms with Gasteiger partial charge in [0.15, 0.2) is 5.69 Å². The van der Waals surface area contributed by atoms with E-state index in [4.69, 9.17) is 5.73 Å². The molecule has 0 saturated carbocycles. The number of carbonyl (C=O) groups is 2. The van der Waals surface area contributed by atoms with Crippen molar-refractivity contribution in [3.63, 3.8) is 0 Å². The molecule has 21 heavy (non-hydrogen) atoms. The Bertz CT molecular complexity index is 649. The van der Waals surface area contributed by atoms with Crippen LogP contribution in [-0.4, -0.2) is 28.8 Å². The first-order valence-corrected chi connectivity index (χ1v) is 6.95. The number of carbonyl (C=O) groups excluding carboxylic acids is 2. The molecule has 0 radical (unpaired) electrons. The normalized spacial score (nSPS) is 10.7. The number of nitrogens with two attached hydrogens (primary N) is 1. The SMILES string of the molecule is COC(=O)CCCCCn1nc(C(N)=O)c2ccccc21. The number of aromatic nitrogens is 2. The number of nitrogens with zero attached hydrogens (tertiary/aromatic N) is 2. The minimum atomic E-state index is -0.518. The molecule has 0 aliphatic carbocycles. The van der Waals surface area contributed by atoms with Crippen LogP contribution in [0.4, 0.5) is 0 Å². The van der Waals surface area contributed by atoms with Gasteiger partial charge in [0.25, 0.3) is 5.91 Å². The maximum atomic E-state index is 11.4. The second kappa shape index (κ2) is 6.88. The molecule has 0 bridgehead atoms. The number of benzene rings is 1. The van der Waals surface area contributed by atoms with Crippen LogP contribution < -0.4 is 5.73 Å². The summed E-state index contributed by atoms with van der Waals surface area (Å²) in [6.45, 7) is 0.689. The highest BCUT2D eigenvalue weighted by Gasteiger charge is 2.13. The molecule has 0 fully saturated rings. The summed E-state index contributed by atoms with van der Waals surface area (Å²) in [7, 11) is 1.39. The minimum absolute atomic E-state index is 0.185. The van der Waals surface area contributed by atoms with Crippen LogP contribution in [0, 0.1) is 0 Å². The lowest BCUT2D eigenvalue weighted by Crippen LogP contribution is -2.13. The summed E-state index contributed by atoms with van der Waals surface area (Å²) >= 11 is 0. The average molecular weight is 289 g/mol. The van der Waals surface area contributed by atoms with E-state index >= 15 is 0 Å². The number of fused-ring (bicyclic) bond motifs is 1. The van der Waals surface area contributed by atoms with Crippen molar-refractivity contribution in [2.75, 3.05) is 7.11 Å². The molecule has 0 aliphatic rings. The largest absolute Gasteiger partial charge is 0.469 e. The van der Waals surface area contributed by atoms with E-state index in [9.17, 15) is 9.59 Å². The monoisotopic (exact) mass is 289 g/mol. The number of ether oxygens (including phenoxy) is 1. The molecule has 1 aromatic carbocycles. The van der Waals surface area contributed by atoms with E-state index in [0.29, 0.717) is 18.7 Å². The van der Waals surface area contributed by atoms with Crippen molar-refractivity contribution >= 4 is 22.8 Å². The third kappa shape index (κ3) is 3.59. The first kappa shape index (κ1) is 15.0. The number of primary amides is 1. The van der Waals surface area contributed by atoms with E-state index in [1.54, 1.807) is 4.68 Å². The standard InChI is InChI=1S/C15H19N3O3/c1-21-13(19)9-3-2-6-10-18-12-8-5-4-7-11(12)14(17-18)15(16)20/h4-5,7-8H,2-3,6,9-10H2,1H3,(H2,16,20). The maximum absolute atomic E-state index is 11.4. The summed E-state index contributed by atoms with van der Waals surface area (Å²) in [5, 5.41) is 5.07. The summed E-state index contributed by atoms with van der Waals surface area (Å²) in [6.07, 6.45) is 2.99. The van der Waals surface area contributed by atoms with Crippen molar-refractivity contribution < 1.29 is 14.3 Å². The van der Waals surface area contributed by atoms with Crippen molar-refractivity contribution in [1.29, 1.82) is 0 Å². The Hall–Kier alpha value is -2.37. The molecule has 2 N–H and O–H groups in total. The molecule has 0 aliphatic heterocycles. The van der Waals surface area contributed by atoms with Crippen LogP contribution in [0.5, 0.6) is 0 Å². The second-order valence-electron chi connectivity index (χ2n) is 4.84. The number of para-hydroxylation sites is 1. The number of aryl methyl sites for hydroxylation is 1. The Morgan fingerprint density at radius 1 is 1.24 bits per heavy atom. The minimum Gasteiger partial charge on any atom is -0.469 e. The van der Waals surface area contributed by atoms with Crippen molar-refractivity contribution in [3.05, 3.63) is 30.0 Å². The molecule has 0 unspecified atom stereocenters. The van der Waals surface area contributed by atoms with E-state index in [2.05, 4.69) is 9.84 Å². The smallest absolute Gasteiger partial charge is 0.305 e. The quantitative estimate of drug-likeness (QED) is 0.622. The van der Waals surface area contributed by atoms with Gasteiger partial charge in [-0.2, -0.15) is 5.10 Å². The first-order chi connectivity index (χ1) is 10.1. The van der Waals surface area contributed by atoms with Gasteiger partial charge in [-0.15, -0.1) is 0 Å². The number of rotatable bonds is 7. The summed E-state index contributed by atoms with van der Waals surface area (Å²) in [5.74, 6) is -0.703. The molecule has 2 aromatic rings. The van der Waals surface area contributed by atoms with Crippen molar-refractivity contribution in [2.45, 2.75) is 32.2 Å². The third-order valence-electron chi connectivity index (χ3n) is 3.37. The lowest BCUT2D eigenvalue weighted by Gasteiger charge is -2.03. The van der Waals surface area contributed by atoms with Gasteiger partial charge in [-0.05, 0) is 18.9 Å². The van der Waals surface area contributed by atoms with Gasteiger partial charge in [0.2, 0.25) is 0 Å². The first-order valence-electron chi connectivity index (χ1n) is 6.95. The van der Waals surface area contributed by atoms with Crippen molar-refractivity contribution in [1.82, 2.24) is 9.78 Å². The van der Waals surface area contributed by atoms with Gasteiger partial charge in [-0.1, -0.05) is 24.6 Å². The molecule has 1 amide bonds. The molecule has 6 heteroatoms. The van der Waals surface area contributed by atoms with Gasteiger partial charge < -0.3 is 10.5 Å². The van der Waals surface area contributed by atoms with E-state index in [1.807, 2.05) is 24.3 Å². The Labute approximate surface area is 122 Å². The fourth-order valence-electron chi connectivity index (χ4n) is 2.29. The number of methoxy groups -OCH3 is 1. The third-order valence-corrected chi connectivity index (χ3v) is 3.37. The Morgan fingerprint density at radius 3 is 2.71 bits per heavy atom. The molecule has 0 atom stereocenters. The van der Waals surface area contributed by atoms with E-state index in [1.165, 1.54) is 7.11 Å². The highest BCUT2D eigenvalue weighted by molar-refractivity contribution is 6.04. The molecule has 0 saturated heterocycles. The van der Waals surface area contributed by atoms with Crippen LogP contribution in [0.1, 0.15) is 36.2 Å². The molecule has 1 heterocycles. The summed E-state index contributed by atoms with van der Waals surface area (Å²) in [5.41, 5.74) is 6.56. The fourth-order valence-corrected chi connectivity index (χ4v) is 2.29. The van der Waals surface area contributed by atoms with Gasteiger partial charge in [-0.25, -0.2) is 0 Å². The van der Waals surface area contributed by atoms with Gasteiger partial charge in [0.1, 0.15) is 0 Å². The number of esters is 1. The Balaban J connectivity index is 1.99. The average Bonchev–Trinajstić information content (AvgIpc) is 2.86. The predicted octanol–water partition coefficient (Wildman–Crippen LogP) is 1.87. The Kier molecular flexibility index (Phi) is 4.92. The molecular formula is C15H19N3O3. The fraction of sp³-hybridized carbons (Fsp3) is 0.400. The molecular weight excluding hydrogens is 270 g/mol. The highest BCUT2D eigenvalue weighted by atomic mass is 16.5. The van der Waals surface area contributed by atoms with Gasteiger partial charge in [0.05, 0.1) is 12.6 Å². The zero-order valence-corrected chi connectivity index (χ0v) is 12.0. The van der Waals surface area contributed by atoms with Gasteiger partial charge in [-0.3, -0.25) is 14.3 Å². The topological polar surface area (TPSA) is 87.2 Å². The lowest BCUT2D eigenvalue weighted by atomic mass is 10.2. The summed E-state index contributed by atoms with van der Waals surface area (Å²) in [6, 6.07) is 7.53. The van der Waals surface area contributed by atoms with Crippen LogP contribution in [0.2, 0.25) is 0 Å². The summed E-state index contributed by atoms with van der Waals surface area (Å²) < 4.78 is 6.39. The zero-order chi connectivity index (χ0) is 15.2. The number of hydrogen-bond donors (Lipinski definition) is 1. The van der Waals surface area contributed by atoms with Crippen molar-refractivity contribution in [2.24, 2.45) is 5.73 Å². The van der Waals surface area contributed by atoms with Crippen LogP contribution in [0.3, 0.4) is 0 Å². The van der Waals surface area contributed by atoms with E-state index < -0.39 is 5.91 Å². The van der Waals surface area contributed by atoms with Crippen LogP contribution in [-0.2, 0) is 16.1 Å². The van der Waals surface area contributed by atoms with Crippen molar-refractivity contribution in [3.8, 4) is 0 Å². The molecule has 2 rings (SSSR count). The maximum Gasteiger partial charge on any atom is 0.305 e. The molecule has 112 valence electrons. The van der Waals surface area contributed by atoms with E-state index in [-0.39, 0.29) is 5.97 Å². The van der Waals surface area contributed by atoms with Crippen LogP contribution >= 0.6 is 0 Å². The number of unbranched alkanes of at least 4 members (excludes halogenated alkanes) is 2. The number of hydrogen-bond acceptors (Lipinski definition) is 4. The highest BCUT2D eigenvalue weighted by Crippen LogP contribution is 2.18. The summed E-state index contributed by atoms with van der Waals surface area (Å²) in [4.78, 5) is 22.4. The molecule has 0 spiro atoms. The lowest BCUT2D eigenvalue weighted by molar-refractivity contribution is -0.140. The zero-order valence-electron chi connectivity index (χ0n) is 12.0. The predicted molar refractivity (Wildman–Crippen MR) is 78.7 cm³/mol. The van der Waals surface area contributed by atoms with E-state index in [0.717, 1.165) is 30.2 Å². The van der Waals surface area contributed by atoms with Crippen LogP contribution in [0.15, 0.2) is 24.3 Å². The Morgan fingerprint density at radius 2 is 2.00 bits per heavy atom. The molecule has 1 aromatic heterocycles. The molecule has 6 nitrogen and oxygen atoms in total.